The van der Waals surface area contributed by atoms with E-state index in [0.717, 1.165) is 16.9 Å². The Bertz CT molecular complexity index is 737. The maximum absolute atomic E-state index is 12.3. The predicted octanol–water partition coefficient (Wildman–Crippen LogP) is 4.31. The Morgan fingerprint density at radius 2 is 1.96 bits per heavy atom. The molecule has 4 nitrogen and oxygen atoms in total. The average Bonchev–Trinajstić information content (AvgIpc) is 2.55. The van der Waals surface area contributed by atoms with E-state index in [1.54, 1.807) is 13.2 Å². The molecule has 134 valence electrons. The van der Waals surface area contributed by atoms with Crippen LogP contribution in [0.5, 0.6) is 5.75 Å². The smallest absolute Gasteiger partial charge is 0.234 e. The summed E-state index contributed by atoms with van der Waals surface area (Å²) in [6.45, 7) is 2.72. The number of halogens is 2. The molecule has 0 unspecified atom stereocenters. The van der Waals surface area contributed by atoms with Gasteiger partial charge in [0.05, 0.1) is 19.7 Å². The number of amides is 1. The number of methoxy groups -OCH3 is 1. The highest BCUT2D eigenvalue weighted by atomic mass is 35.5. The predicted molar refractivity (Wildman–Crippen MR) is 102 cm³/mol. The first kappa shape index (κ1) is 19.6. The highest BCUT2D eigenvalue weighted by Crippen LogP contribution is 2.24. The minimum Gasteiger partial charge on any atom is -0.496 e. The van der Waals surface area contributed by atoms with Crippen LogP contribution in [0.25, 0.3) is 0 Å². The Hall–Kier alpha value is -1.75. The Kier molecular flexibility index (Phi) is 7.12. The van der Waals surface area contributed by atoms with Crippen molar-refractivity contribution in [1.29, 1.82) is 0 Å². The molecule has 0 aliphatic rings. The Labute approximate surface area is 158 Å². The first-order valence-electron chi connectivity index (χ1n) is 7.95. The normalized spacial score (nSPS) is 12.1. The van der Waals surface area contributed by atoms with Crippen LogP contribution in [0.1, 0.15) is 24.1 Å². The summed E-state index contributed by atoms with van der Waals surface area (Å²) in [5.41, 5.74) is 1.83. The summed E-state index contributed by atoms with van der Waals surface area (Å²) in [4.78, 5) is 14.2. The summed E-state index contributed by atoms with van der Waals surface area (Å²) >= 11 is 12.2. The molecule has 25 heavy (non-hydrogen) atoms. The van der Waals surface area contributed by atoms with Gasteiger partial charge in [0, 0.05) is 22.2 Å². The molecule has 6 heteroatoms. The number of carbonyl (C=O) groups excluding carboxylic acids is 1. The molecule has 0 spiro atoms. The molecule has 0 saturated heterocycles. The van der Waals surface area contributed by atoms with E-state index in [4.69, 9.17) is 27.9 Å². The van der Waals surface area contributed by atoms with Crippen molar-refractivity contribution >= 4 is 29.1 Å². The molecule has 0 bridgehead atoms. The molecule has 1 N–H and O–H groups in total. The molecule has 0 saturated carbocycles. The number of carbonyl (C=O) groups is 1. The van der Waals surface area contributed by atoms with Crippen molar-refractivity contribution in [3.8, 4) is 5.75 Å². The summed E-state index contributed by atoms with van der Waals surface area (Å²) in [6, 6.07) is 12.8. The quantitative estimate of drug-likeness (QED) is 0.777. The van der Waals surface area contributed by atoms with Gasteiger partial charge < -0.3 is 10.1 Å². The molecule has 1 amide bonds. The zero-order valence-corrected chi connectivity index (χ0v) is 16.1. The van der Waals surface area contributed by atoms with Crippen molar-refractivity contribution in [3.63, 3.8) is 0 Å². The molecule has 0 fully saturated rings. The minimum atomic E-state index is -0.157. The number of hydrogen-bond acceptors (Lipinski definition) is 3. The molecule has 0 radical (unpaired) electrons. The van der Waals surface area contributed by atoms with Gasteiger partial charge in [-0.25, -0.2) is 0 Å². The number of benzene rings is 2. The Morgan fingerprint density at radius 3 is 2.64 bits per heavy atom. The van der Waals surface area contributed by atoms with Crippen molar-refractivity contribution in [2.24, 2.45) is 0 Å². The lowest BCUT2D eigenvalue weighted by Gasteiger charge is -2.20. The van der Waals surface area contributed by atoms with Gasteiger partial charge in [0.1, 0.15) is 5.75 Å². The van der Waals surface area contributed by atoms with Crippen molar-refractivity contribution in [1.82, 2.24) is 10.2 Å². The third-order valence-electron chi connectivity index (χ3n) is 3.85. The fourth-order valence-corrected chi connectivity index (χ4v) is 3.15. The molecule has 2 aromatic rings. The van der Waals surface area contributed by atoms with Crippen LogP contribution in [0.15, 0.2) is 42.5 Å². The highest BCUT2D eigenvalue weighted by molar-refractivity contribution is 6.31. The third kappa shape index (κ3) is 5.63. The Morgan fingerprint density at radius 1 is 1.24 bits per heavy atom. The summed E-state index contributed by atoms with van der Waals surface area (Å²) in [7, 11) is 3.49. The lowest BCUT2D eigenvalue weighted by molar-refractivity contribution is -0.122. The van der Waals surface area contributed by atoms with Gasteiger partial charge >= 0.3 is 0 Å². The fourth-order valence-electron chi connectivity index (χ4n) is 2.65. The van der Waals surface area contributed by atoms with E-state index in [1.807, 2.05) is 55.3 Å². The first-order valence-corrected chi connectivity index (χ1v) is 8.71. The van der Waals surface area contributed by atoms with Crippen LogP contribution in [0.3, 0.4) is 0 Å². The van der Waals surface area contributed by atoms with E-state index in [2.05, 4.69) is 5.32 Å². The van der Waals surface area contributed by atoms with E-state index in [0.29, 0.717) is 16.6 Å². The van der Waals surface area contributed by atoms with Crippen molar-refractivity contribution in [2.45, 2.75) is 19.5 Å². The molecule has 2 aromatic carbocycles. The minimum absolute atomic E-state index is 0.0732. The average molecular weight is 381 g/mol. The number of likely N-dealkylation sites (N-methyl/N-ethyl adjacent to an activating group) is 1. The maximum atomic E-state index is 12.3. The van der Waals surface area contributed by atoms with Crippen LogP contribution in [0, 0.1) is 0 Å². The number of hydrogen-bond donors (Lipinski definition) is 1. The van der Waals surface area contributed by atoms with Crippen LogP contribution < -0.4 is 10.1 Å². The zero-order chi connectivity index (χ0) is 18.4. The van der Waals surface area contributed by atoms with Gasteiger partial charge in [0.15, 0.2) is 0 Å². The topological polar surface area (TPSA) is 41.6 Å². The summed E-state index contributed by atoms with van der Waals surface area (Å²) in [5.74, 6) is 0.678. The van der Waals surface area contributed by atoms with Gasteiger partial charge in [-0.3, -0.25) is 9.69 Å². The van der Waals surface area contributed by atoms with Crippen LogP contribution in [0.2, 0.25) is 10.0 Å². The van der Waals surface area contributed by atoms with Crippen LogP contribution in [0.4, 0.5) is 0 Å². The molecule has 2 rings (SSSR count). The maximum Gasteiger partial charge on any atom is 0.234 e. The summed E-state index contributed by atoms with van der Waals surface area (Å²) in [6.07, 6.45) is 0. The molecule has 0 aliphatic heterocycles. The zero-order valence-electron chi connectivity index (χ0n) is 14.6. The monoisotopic (exact) mass is 380 g/mol. The second kappa shape index (κ2) is 9.09. The molecule has 1 atom stereocenters. The van der Waals surface area contributed by atoms with Crippen molar-refractivity contribution in [2.75, 3.05) is 20.7 Å². The number of nitrogens with zero attached hydrogens (tertiary/aromatic N) is 1. The first-order chi connectivity index (χ1) is 11.9. The van der Waals surface area contributed by atoms with E-state index in [-0.39, 0.29) is 18.5 Å². The standard InChI is InChI=1S/C19H22Cl2N2O2/c1-13(16-6-4-5-7-17(16)21)22-19(24)12-23(2)11-14-10-15(20)8-9-18(14)25-3/h4-10,13H,11-12H2,1-3H3,(H,22,24)/t13-/m0/s1. The SMILES string of the molecule is COc1ccc(Cl)cc1CN(C)CC(=O)N[C@@H](C)c1ccccc1Cl. The second-order valence-electron chi connectivity index (χ2n) is 5.94. The van der Waals surface area contributed by atoms with Crippen LogP contribution in [-0.4, -0.2) is 31.5 Å². The largest absolute Gasteiger partial charge is 0.496 e. The summed E-state index contributed by atoms with van der Waals surface area (Å²) in [5, 5.41) is 4.26. The molecular weight excluding hydrogens is 359 g/mol. The van der Waals surface area contributed by atoms with Crippen LogP contribution in [-0.2, 0) is 11.3 Å². The number of nitrogens with one attached hydrogen (secondary N) is 1. The molecular formula is C19H22Cl2N2O2. The Balaban J connectivity index is 1.94. The van der Waals surface area contributed by atoms with E-state index in [9.17, 15) is 4.79 Å². The fraction of sp³-hybridized carbons (Fsp3) is 0.316. The summed E-state index contributed by atoms with van der Waals surface area (Å²) < 4.78 is 5.34. The molecule has 0 heterocycles. The van der Waals surface area contributed by atoms with Gasteiger partial charge in [-0.1, -0.05) is 41.4 Å². The van der Waals surface area contributed by atoms with E-state index >= 15 is 0 Å². The lowest BCUT2D eigenvalue weighted by atomic mass is 10.1. The van der Waals surface area contributed by atoms with Crippen molar-refractivity contribution < 1.29 is 9.53 Å². The van der Waals surface area contributed by atoms with Crippen LogP contribution >= 0.6 is 23.2 Å². The van der Waals surface area contributed by atoms with Gasteiger partial charge in [-0.2, -0.15) is 0 Å². The van der Waals surface area contributed by atoms with Gasteiger partial charge in [0.2, 0.25) is 5.91 Å². The number of rotatable bonds is 7. The highest BCUT2D eigenvalue weighted by Gasteiger charge is 2.15. The second-order valence-corrected chi connectivity index (χ2v) is 6.78. The van der Waals surface area contributed by atoms with Gasteiger partial charge in [-0.15, -0.1) is 0 Å². The molecule has 0 aliphatic carbocycles. The van der Waals surface area contributed by atoms with E-state index in [1.165, 1.54) is 0 Å². The van der Waals surface area contributed by atoms with E-state index < -0.39 is 0 Å². The van der Waals surface area contributed by atoms with Crippen molar-refractivity contribution in [3.05, 3.63) is 63.6 Å². The van der Waals surface area contributed by atoms with Gasteiger partial charge in [0.25, 0.3) is 0 Å². The lowest BCUT2D eigenvalue weighted by Crippen LogP contribution is -2.36. The number of ether oxygens (including phenoxy) is 1. The third-order valence-corrected chi connectivity index (χ3v) is 4.42. The molecule has 0 aromatic heterocycles. The van der Waals surface area contributed by atoms with Gasteiger partial charge in [-0.05, 0) is 43.8 Å².